The summed E-state index contributed by atoms with van der Waals surface area (Å²) in [5.74, 6) is 0.336. The minimum atomic E-state index is -3.03. The van der Waals surface area contributed by atoms with E-state index in [2.05, 4.69) is 28.1 Å². The number of rotatable bonds is 2. The van der Waals surface area contributed by atoms with Crippen LogP contribution in [0, 0.1) is 0 Å². The van der Waals surface area contributed by atoms with Crippen LogP contribution in [-0.2, 0) is 10.0 Å². The van der Waals surface area contributed by atoms with Crippen molar-refractivity contribution in [1.29, 1.82) is 0 Å². The van der Waals surface area contributed by atoms with Crippen LogP contribution in [0.25, 0.3) is 0 Å². The molecule has 0 aliphatic carbocycles. The van der Waals surface area contributed by atoms with Crippen LogP contribution in [-0.4, -0.2) is 32.1 Å². The van der Waals surface area contributed by atoms with Gasteiger partial charge in [-0.15, -0.1) is 0 Å². The van der Waals surface area contributed by atoms with Crippen molar-refractivity contribution in [3.05, 3.63) is 34.3 Å². The molecule has 0 amide bonds. The molecule has 0 N–H and O–H groups in total. The van der Waals surface area contributed by atoms with Crippen LogP contribution in [0.15, 0.2) is 28.7 Å². The molecule has 1 heterocycles. The Balaban J connectivity index is 2.12. The summed E-state index contributed by atoms with van der Waals surface area (Å²) in [5.41, 5.74) is 1.22. The quantitative estimate of drug-likeness (QED) is 0.840. The van der Waals surface area contributed by atoms with Crippen molar-refractivity contribution >= 4 is 26.0 Å². The van der Waals surface area contributed by atoms with Crippen molar-refractivity contribution in [2.75, 3.05) is 19.3 Å². The molecule has 0 saturated carbocycles. The highest BCUT2D eigenvalue weighted by atomic mass is 79.9. The van der Waals surface area contributed by atoms with Crippen molar-refractivity contribution in [3.63, 3.8) is 0 Å². The molecule has 0 unspecified atom stereocenters. The highest BCUT2D eigenvalue weighted by Gasteiger charge is 2.29. The van der Waals surface area contributed by atoms with Gasteiger partial charge in [-0.25, -0.2) is 12.7 Å². The maximum Gasteiger partial charge on any atom is 0.211 e. The normalized spacial score (nSPS) is 22.5. The zero-order valence-electron chi connectivity index (χ0n) is 9.06. The van der Waals surface area contributed by atoms with Gasteiger partial charge >= 0.3 is 0 Å². The van der Waals surface area contributed by atoms with E-state index >= 15 is 0 Å². The fourth-order valence-corrected chi connectivity index (χ4v) is 3.19. The molecule has 1 aromatic carbocycles. The summed E-state index contributed by atoms with van der Waals surface area (Å²) in [5, 5.41) is 0. The number of hydrogen-bond acceptors (Lipinski definition) is 2. The molecule has 1 aromatic rings. The SMILES string of the molecule is CS(=O)(=O)N1CC[C@@H](c2ccc(Br)cc2)C1. The van der Waals surface area contributed by atoms with Gasteiger partial charge in [0.25, 0.3) is 0 Å². The third-order valence-electron chi connectivity index (χ3n) is 2.96. The molecule has 16 heavy (non-hydrogen) atoms. The fraction of sp³-hybridized carbons (Fsp3) is 0.455. The average molecular weight is 304 g/mol. The Hall–Kier alpha value is -0.390. The van der Waals surface area contributed by atoms with Gasteiger partial charge in [0.05, 0.1) is 6.26 Å². The van der Waals surface area contributed by atoms with Crippen LogP contribution in [0.1, 0.15) is 17.9 Å². The predicted molar refractivity (Wildman–Crippen MR) is 67.9 cm³/mol. The second kappa shape index (κ2) is 4.47. The van der Waals surface area contributed by atoms with Crippen molar-refractivity contribution in [2.45, 2.75) is 12.3 Å². The highest BCUT2D eigenvalue weighted by molar-refractivity contribution is 9.10. The van der Waals surface area contributed by atoms with Crippen LogP contribution < -0.4 is 0 Å². The summed E-state index contributed by atoms with van der Waals surface area (Å²) in [7, 11) is -3.03. The lowest BCUT2D eigenvalue weighted by atomic mass is 9.99. The zero-order valence-corrected chi connectivity index (χ0v) is 11.5. The third kappa shape index (κ3) is 2.64. The Morgan fingerprint density at radius 2 is 1.94 bits per heavy atom. The van der Waals surface area contributed by atoms with E-state index in [1.807, 2.05) is 12.1 Å². The first kappa shape index (κ1) is 12.1. The maximum absolute atomic E-state index is 11.4. The van der Waals surface area contributed by atoms with Gasteiger partial charge in [-0.3, -0.25) is 0 Å². The van der Waals surface area contributed by atoms with Crippen molar-refractivity contribution in [2.24, 2.45) is 0 Å². The lowest BCUT2D eigenvalue weighted by Gasteiger charge is -2.13. The lowest BCUT2D eigenvalue weighted by Crippen LogP contribution is -2.27. The standard InChI is InChI=1S/C11H14BrNO2S/c1-16(14,15)13-7-6-10(8-13)9-2-4-11(12)5-3-9/h2-5,10H,6-8H2,1H3/t10-/m1/s1. The predicted octanol–water partition coefficient (Wildman–Crippen LogP) is 2.20. The molecule has 0 spiro atoms. The molecular weight excluding hydrogens is 290 g/mol. The summed E-state index contributed by atoms with van der Waals surface area (Å²) in [6, 6.07) is 8.11. The van der Waals surface area contributed by atoms with Gasteiger partial charge in [0.2, 0.25) is 10.0 Å². The first-order chi connectivity index (χ1) is 7.47. The van der Waals surface area contributed by atoms with E-state index in [4.69, 9.17) is 0 Å². The van der Waals surface area contributed by atoms with Crippen LogP contribution >= 0.6 is 15.9 Å². The Bertz CT molecular complexity index is 469. The molecule has 2 rings (SSSR count). The van der Waals surface area contributed by atoms with Crippen molar-refractivity contribution < 1.29 is 8.42 Å². The van der Waals surface area contributed by atoms with E-state index in [0.29, 0.717) is 19.0 Å². The van der Waals surface area contributed by atoms with Gasteiger partial charge in [-0.2, -0.15) is 0 Å². The van der Waals surface area contributed by atoms with E-state index in [9.17, 15) is 8.42 Å². The molecular formula is C11H14BrNO2S. The smallest absolute Gasteiger partial charge is 0.211 e. The molecule has 88 valence electrons. The Morgan fingerprint density at radius 1 is 1.31 bits per heavy atom. The second-order valence-electron chi connectivity index (χ2n) is 4.16. The van der Waals surface area contributed by atoms with E-state index in [0.717, 1.165) is 10.9 Å². The van der Waals surface area contributed by atoms with Gasteiger partial charge in [0, 0.05) is 17.6 Å². The third-order valence-corrected chi connectivity index (χ3v) is 4.76. The van der Waals surface area contributed by atoms with Crippen LogP contribution in [0.5, 0.6) is 0 Å². The average Bonchev–Trinajstić information content (AvgIpc) is 2.67. The fourth-order valence-electron chi connectivity index (χ4n) is 2.04. The minimum Gasteiger partial charge on any atom is -0.213 e. The van der Waals surface area contributed by atoms with E-state index in [1.54, 1.807) is 4.31 Å². The zero-order chi connectivity index (χ0) is 11.8. The van der Waals surface area contributed by atoms with Crippen LogP contribution in [0.4, 0.5) is 0 Å². The Morgan fingerprint density at radius 3 is 2.44 bits per heavy atom. The summed E-state index contributed by atoms with van der Waals surface area (Å²) < 4.78 is 25.4. The first-order valence-corrected chi connectivity index (χ1v) is 7.81. The number of hydrogen-bond donors (Lipinski definition) is 0. The number of sulfonamides is 1. The molecule has 1 atom stereocenters. The van der Waals surface area contributed by atoms with E-state index in [1.165, 1.54) is 11.8 Å². The molecule has 0 radical (unpaired) electrons. The van der Waals surface area contributed by atoms with Gasteiger partial charge in [-0.1, -0.05) is 28.1 Å². The van der Waals surface area contributed by atoms with Crippen LogP contribution in [0.3, 0.4) is 0 Å². The van der Waals surface area contributed by atoms with Gasteiger partial charge < -0.3 is 0 Å². The highest BCUT2D eigenvalue weighted by Crippen LogP contribution is 2.29. The van der Waals surface area contributed by atoms with Crippen LogP contribution in [0.2, 0.25) is 0 Å². The summed E-state index contributed by atoms with van der Waals surface area (Å²) in [6.07, 6.45) is 2.19. The van der Waals surface area contributed by atoms with Crippen molar-refractivity contribution in [3.8, 4) is 0 Å². The molecule has 5 heteroatoms. The Kier molecular flexibility index (Phi) is 3.37. The molecule has 1 aliphatic heterocycles. The van der Waals surface area contributed by atoms with Gasteiger partial charge in [-0.05, 0) is 30.0 Å². The van der Waals surface area contributed by atoms with Gasteiger partial charge in [0.1, 0.15) is 0 Å². The summed E-state index contributed by atoms with van der Waals surface area (Å²) in [6.45, 7) is 1.25. The summed E-state index contributed by atoms with van der Waals surface area (Å²) >= 11 is 3.39. The maximum atomic E-state index is 11.4. The molecule has 0 bridgehead atoms. The first-order valence-electron chi connectivity index (χ1n) is 5.17. The Labute approximate surface area is 105 Å². The number of halogens is 1. The molecule has 1 fully saturated rings. The van der Waals surface area contributed by atoms with Gasteiger partial charge in [0.15, 0.2) is 0 Å². The molecule has 1 saturated heterocycles. The minimum absolute atomic E-state index is 0.336. The second-order valence-corrected chi connectivity index (χ2v) is 7.06. The molecule has 3 nitrogen and oxygen atoms in total. The summed E-state index contributed by atoms with van der Waals surface area (Å²) in [4.78, 5) is 0. The monoisotopic (exact) mass is 303 g/mol. The topological polar surface area (TPSA) is 37.4 Å². The number of nitrogens with zero attached hydrogens (tertiary/aromatic N) is 1. The number of benzene rings is 1. The van der Waals surface area contributed by atoms with E-state index < -0.39 is 10.0 Å². The molecule has 0 aromatic heterocycles. The van der Waals surface area contributed by atoms with E-state index in [-0.39, 0.29) is 0 Å². The van der Waals surface area contributed by atoms with Crippen molar-refractivity contribution in [1.82, 2.24) is 4.31 Å². The molecule has 1 aliphatic rings. The largest absolute Gasteiger partial charge is 0.213 e. The lowest BCUT2D eigenvalue weighted by molar-refractivity contribution is 0.478.